The molecular weight excluding hydrogens is 448 g/mol. The molecule has 5 heteroatoms. The third-order valence-electron chi connectivity index (χ3n) is 7.75. The second-order valence-corrected chi connectivity index (χ2v) is 10.4. The van der Waals surface area contributed by atoms with Crippen LogP contribution in [0, 0.1) is 0 Å². The fourth-order valence-electron chi connectivity index (χ4n) is 5.74. The predicted molar refractivity (Wildman–Crippen MR) is 145 cm³/mol. The highest BCUT2D eigenvalue weighted by Gasteiger charge is 2.24. The van der Waals surface area contributed by atoms with Crippen molar-refractivity contribution >= 4 is 5.69 Å². The van der Waals surface area contributed by atoms with Gasteiger partial charge < -0.3 is 19.8 Å². The first-order chi connectivity index (χ1) is 17.5. The summed E-state index contributed by atoms with van der Waals surface area (Å²) in [5.41, 5.74) is 6.11. The van der Waals surface area contributed by atoms with Crippen molar-refractivity contribution in [3.05, 3.63) is 82.9 Å². The van der Waals surface area contributed by atoms with Crippen LogP contribution in [0.1, 0.15) is 53.9 Å². The summed E-state index contributed by atoms with van der Waals surface area (Å²) in [6.07, 6.45) is 6.91. The first kappa shape index (κ1) is 24.5. The lowest BCUT2D eigenvalue weighted by atomic mass is 9.79. The number of rotatable bonds is 8. The molecule has 3 aromatic rings. The molecule has 3 aromatic carbocycles. The van der Waals surface area contributed by atoms with E-state index in [9.17, 15) is 10.2 Å². The largest absolute Gasteiger partial charge is 0.508 e. The van der Waals surface area contributed by atoms with Crippen LogP contribution >= 0.6 is 0 Å². The molecule has 0 aromatic heterocycles. The molecule has 1 aliphatic heterocycles. The summed E-state index contributed by atoms with van der Waals surface area (Å²) in [7, 11) is 2.09. The van der Waals surface area contributed by atoms with E-state index >= 15 is 0 Å². The Balaban J connectivity index is 1.22. The van der Waals surface area contributed by atoms with Crippen molar-refractivity contribution in [2.24, 2.45) is 0 Å². The van der Waals surface area contributed by atoms with Gasteiger partial charge in [0, 0.05) is 31.9 Å². The number of likely N-dealkylation sites (tertiary alicyclic amines) is 1. The number of aryl methyl sites for hydroxylation is 1. The van der Waals surface area contributed by atoms with Gasteiger partial charge in [0.05, 0.1) is 0 Å². The SMILES string of the molecule is CN(Cc1ccc(OCCN2CCCCC2)cc1)c1cc(O)ccc1C1CCc2cc(O)ccc2C1. The van der Waals surface area contributed by atoms with Crippen LogP contribution in [-0.4, -0.2) is 48.4 Å². The number of piperidine rings is 1. The fourth-order valence-corrected chi connectivity index (χ4v) is 5.74. The number of hydrogen-bond acceptors (Lipinski definition) is 5. The fraction of sp³-hybridized carbons (Fsp3) is 0.419. The molecule has 2 N–H and O–H groups in total. The first-order valence-corrected chi connectivity index (χ1v) is 13.3. The third kappa shape index (κ3) is 5.96. The van der Waals surface area contributed by atoms with Crippen molar-refractivity contribution in [1.29, 1.82) is 0 Å². The third-order valence-corrected chi connectivity index (χ3v) is 7.75. The molecule has 1 aliphatic carbocycles. The molecule has 0 spiro atoms. The van der Waals surface area contributed by atoms with Crippen molar-refractivity contribution in [3.8, 4) is 17.2 Å². The molecule has 1 saturated heterocycles. The van der Waals surface area contributed by atoms with E-state index in [1.165, 1.54) is 54.6 Å². The highest BCUT2D eigenvalue weighted by Crippen LogP contribution is 2.39. The Morgan fingerprint density at radius 1 is 0.889 bits per heavy atom. The Bertz CT molecular complexity index is 1150. The molecule has 1 unspecified atom stereocenters. The number of anilines is 1. The molecule has 0 bridgehead atoms. The maximum Gasteiger partial charge on any atom is 0.119 e. The van der Waals surface area contributed by atoms with Gasteiger partial charge in [0.2, 0.25) is 0 Å². The van der Waals surface area contributed by atoms with Gasteiger partial charge in [0.25, 0.3) is 0 Å². The minimum atomic E-state index is 0.291. The molecule has 1 atom stereocenters. The summed E-state index contributed by atoms with van der Waals surface area (Å²) in [4.78, 5) is 4.72. The summed E-state index contributed by atoms with van der Waals surface area (Å²) in [5, 5.41) is 20.1. The van der Waals surface area contributed by atoms with E-state index < -0.39 is 0 Å². The molecule has 0 saturated carbocycles. The Labute approximate surface area is 214 Å². The average Bonchev–Trinajstić information content (AvgIpc) is 2.90. The highest BCUT2D eigenvalue weighted by atomic mass is 16.5. The lowest BCUT2D eigenvalue weighted by Gasteiger charge is -2.30. The van der Waals surface area contributed by atoms with E-state index in [0.29, 0.717) is 17.4 Å². The number of aromatic hydroxyl groups is 2. The zero-order valence-corrected chi connectivity index (χ0v) is 21.3. The van der Waals surface area contributed by atoms with E-state index in [-0.39, 0.29) is 0 Å². The quantitative estimate of drug-likeness (QED) is 0.417. The van der Waals surface area contributed by atoms with Crippen molar-refractivity contribution in [2.45, 2.75) is 51.0 Å². The van der Waals surface area contributed by atoms with E-state index in [4.69, 9.17) is 4.74 Å². The zero-order valence-electron chi connectivity index (χ0n) is 21.3. The summed E-state index contributed by atoms with van der Waals surface area (Å²) >= 11 is 0. The number of phenols is 2. The van der Waals surface area contributed by atoms with Crippen molar-refractivity contribution in [1.82, 2.24) is 4.90 Å². The van der Waals surface area contributed by atoms with Gasteiger partial charge in [-0.2, -0.15) is 0 Å². The van der Waals surface area contributed by atoms with E-state index in [0.717, 1.165) is 50.4 Å². The van der Waals surface area contributed by atoms with Gasteiger partial charge in [-0.3, -0.25) is 4.90 Å². The lowest BCUT2D eigenvalue weighted by molar-refractivity contribution is 0.183. The van der Waals surface area contributed by atoms with Crippen LogP contribution in [0.15, 0.2) is 60.7 Å². The molecule has 2 aliphatic rings. The summed E-state index contributed by atoms with van der Waals surface area (Å²) in [6.45, 7) is 4.88. The van der Waals surface area contributed by atoms with Crippen LogP contribution in [0.5, 0.6) is 17.2 Å². The monoisotopic (exact) mass is 486 g/mol. The van der Waals surface area contributed by atoms with E-state index in [1.54, 1.807) is 12.1 Å². The molecule has 1 heterocycles. The minimum Gasteiger partial charge on any atom is -0.508 e. The summed E-state index contributed by atoms with van der Waals surface area (Å²) in [6, 6.07) is 19.9. The number of ether oxygens (including phenoxy) is 1. The van der Waals surface area contributed by atoms with Gasteiger partial charge in [-0.1, -0.05) is 30.7 Å². The van der Waals surface area contributed by atoms with Gasteiger partial charge in [-0.25, -0.2) is 0 Å². The number of phenolic OH excluding ortho intramolecular Hbond substituents is 2. The van der Waals surface area contributed by atoms with Crippen LogP contribution in [0.3, 0.4) is 0 Å². The summed E-state index contributed by atoms with van der Waals surface area (Å²) < 4.78 is 6.00. The first-order valence-electron chi connectivity index (χ1n) is 13.3. The van der Waals surface area contributed by atoms with Gasteiger partial charge in [-0.15, -0.1) is 0 Å². The van der Waals surface area contributed by atoms with Crippen LogP contribution in [0.4, 0.5) is 5.69 Å². The topological polar surface area (TPSA) is 56.2 Å². The molecule has 5 nitrogen and oxygen atoms in total. The van der Waals surface area contributed by atoms with Crippen LogP contribution in [-0.2, 0) is 19.4 Å². The van der Waals surface area contributed by atoms with Gasteiger partial charge >= 0.3 is 0 Å². The van der Waals surface area contributed by atoms with Crippen molar-refractivity contribution < 1.29 is 14.9 Å². The molecule has 0 amide bonds. The average molecular weight is 487 g/mol. The molecular formula is C31H38N2O3. The van der Waals surface area contributed by atoms with Gasteiger partial charge in [0.1, 0.15) is 23.9 Å². The molecule has 36 heavy (non-hydrogen) atoms. The Kier molecular flexibility index (Phi) is 7.66. The smallest absolute Gasteiger partial charge is 0.119 e. The number of fused-ring (bicyclic) bond motifs is 1. The molecule has 1 fully saturated rings. The standard InChI is InChI=1S/C31H38N2O3/c1-32(22-23-5-12-29(13-6-23)36-18-17-33-15-3-2-4-16-33)31-21-28(35)11-14-30(31)26-8-7-25-20-27(34)10-9-24(25)19-26/h5-6,9-14,20-21,26,34-35H,2-4,7-8,15-19,22H2,1H3. The Morgan fingerprint density at radius 3 is 2.44 bits per heavy atom. The number of hydrogen-bond donors (Lipinski definition) is 2. The maximum atomic E-state index is 10.3. The second kappa shape index (κ2) is 11.3. The molecule has 0 radical (unpaired) electrons. The Morgan fingerprint density at radius 2 is 1.64 bits per heavy atom. The zero-order chi connectivity index (χ0) is 24.9. The molecule has 5 rings (SSSR count). The van der Waals surface area contributed by atoms with Crippen LogP contribution < -0.4 is 9.64 Å². The maximum absolute atomic E-state index is 10.3. The van der Waals surface area contributed by atoms with Crippen molar-refractivity contribution in [2.75, 3.05) is 38.2 Å². The predicted octanol–water partition coefficient (Wildman–Crippen LogP) is 5.87. The molecule has 190 valence electrons. The van der Waals surface area contributed by atoms with E-state index in [1.807, 2.05) is 12.1 Å². The number of nitrogens with zero attached hydrogens (tertiary/aromatic N) is 2. The highest BCUT2D eigenvalue weighted by molar-refractivity contribution is 5.59. The van der Waals surface area contributed by atoms with Crippen molar-refractivity contribution in [3.63, 3.8) is 0 Å². The van der Waals surface area contributed by atoms with Crippen LogP contribution in [0.25, 0.3) is 0 Å². The van der Waals surface area contributed by atoms with E-state index in [2.05, 4.69) is 53.2 Å². The normalized spacial score (nSPS) is 18.0. The van der Waals surface area contributed by atoms with Crippen LogP contribution in [0.2, 0.25) is 0 Å². The Hall–Kier alpha value is -3.18. The van der Waals surface area contributed by atoms with Gasteiger partial charge in [0.15, 0.2) is 0 Å². The van der Waals surface area contributed by atoms with Gasteiger partial charge in [-0.05, 0) is 104 Å². The number of benzene rings is 3. The summed E-state index contributed by atoms with van der Waals surface area (Å²) in [5.74, 6) is 1.94. The lowest BCUT2D eigenvalue weighted by Crippen LogP contribution is -2.33. The minimum absolute atomic E-state index is 0.291. The second-order valence-electron chi connectivity index (χ2n) is 10.4.